The summed E-state index contributed by atoms with van der Waals surface area (Å²) < 4.78 is 0. The maximum Gasteiger partial charge on any atom is 0.166 e. The molecule has 1 N–H and O–H groups in total. The molecule has 0 aromatic carbocycles. The van der Waals surface area contributed by atoms with Crippen molar-refractivity contribution in [2.45, 2.75) is 19.8 Å². The summed E-state index contributed by atoms with van der Waals surface area (Å²) in [6.45, 7) is 4.28. The molecule has 2 aromatic heterocycles. The predicted octanol–water partition coefficient (Wildman–Crippen LogP) is 2.66. The number of nitrogens with zero attached hydrogens (tertiary/aromatic N) is 2. The van der Waals surface area contributed by atoms with E-state index < -0.39 is 0 Å². The number of thiazole rings is 1. The third-order valence-electron chi connectivity index (χ3n) is 1.81. The van der Waals surface area contributed by atoms with Crippen LogP contribution in [0.4, 0.5) is 0 Å². The molecule has 0 radical (unpaired) electrons. The third-order valence-corrected chi connectivity index (χ3v) is 2.68. The summed E-state index contributed by atoms with van der Waals surface area (Å²) in [5.41, 5.74) is 1.14. The van der Waals surface area contributed by atoms with Crippen LogP contribution in [0.25, 0.3) is 10.8 Å². The molecule has 0 aliphatic rings. The summed E-state index contributed by atoms with van der Waals surface area (Å²) in [7, 11) is 0. The number of aromatic nitrogens is 3. The molecule has 0 atom stereocenters. The fraction of sp³-hybridized carbons (Fsp3) is 0.333. The summed E-state index contributed by atoms with van der Waals surface area (Å²) >= 11 is 1.63. The second-order valence-corrected chi connectivity index (χ2v) is 4.03. The second kappa shape index (κ2) is 3.30. The van der Waals surface area contributed by atoms with Gasteiger partial charge < -0.3 is 4.98 Å². The Morgan fingerprint density at radius 2 is 2.31 bits per heavy atom. The molecule has 0 aliphatic heterocycles. The highest BCUT2D eigenvalue weighted by Crippen LogP contribution is 2.23. The fourth-order valence-electron chi connectivity index (χ4n) is 1.04. The third kappa shape index (κ3) is 1.62. The Kier molecular flexibility index (Phi) is 2.14. The van der Waals surface area contributed by atoms with Gasteiger partial charge in [-0.15, -0.1) is 11.3 Å². The number of nitrogens with one attached hydrogen (secondary N) is 1. The standard InChI is InChI=1S/C9H11N3S/c1-6(2)7-5-13-9(12-7)8-10-3-4-11-8/h3-6H,1-2H3,(H,10,11). The average molecular weight is 193 g/mol. The number of H-pyrrole nitrogens is 1. The molecular formula is C9H11N3S. The van der Waals surface area contributed by atoms with Gasteiger partial charge in [0, 0.05) is 17.8 Å². The maximum atomic E-state index is 4.48. The van der Waals surface area contributed by atoms with Crippen molar-refractivity contribution in [1.29, 1.82) is 0 Å². The highest BCUT2D eigenvalue weighted by atomic mass is 32.1. The van der Waals surface area contributed by atoms with Crippen LogP contribution in [0.3, 0.4) is 0 Å². The van der Waals surface area contributed by atoms with E-state index in [-0.39, 0.29) is 0 Å². The van der Waals surface area contributed by atoms with E-state index in [2.05, 4.69) is 34.2 Å². The van der Waals surface area contributed by atoms with Crippen LogP contribution in [-0.4, -0.2) is 15.0 Å². The predicted molar refractivity (Wildman–Crippen MR) is 53.8 cm³/mol. The minimum absolute atomic E-state index is 0.486. The molecule has 0 fully saturated rings. The zero-order chi connectivity index (χ0) is 9.26. The van der Waals surface area contributed by atoms with Crippen molar-refractivity contribution < 1.29 is 0 Å². The van der Waals surface area contributed by atoms with Gasteiger partial charge in [0.2, 0.25) is 0 Å². The largest absolute Gasteiger partial charge is 0.343 e. The lowest BCUT2D eigenvalue weighted by Crippen LogP contribution is -1.87. The smallest absolute Gasteiger partial charge is 0.166 e. The van der Waals surface area contributed by atoms with E-state index >= 15 is 0 Å². The van der Waals surface area contributed by atoms with Crippen molar-refractivity contribution in [3.05, 3.63) is 23.5 Å². The van der Waals surface area contributed by atoms with Gasteiger partial charge in [0.25, 0.3) is 0 Å². The lowest BCUT2D eigenvalue weighted by molar-refractivity contribution is 0.833. The number of rotatable bonds is 2. The van der Waals surface area contributed by atoms with E-state index in [1.807, 2.05) is 6.20 Å². The van der Waals surface area contributed by atoms with E-state index in [1.165, 1.54) is 0 Å². The molecule has 0 saturated heterocycles. The van der Waals surface area contributed by atoms with Crippen molar-refractivity contribution in [2.24, 2.45) is 0 Å². The molecule has 0 aliphatic carbocycles. The number of aromatic amines is 1. The molecule has 4 heteroatoms. The molecule has 2 heterocycles. The molecule has 2 rings (SSSR count). The summed E-state index contributed by atoms with van der Waals surface area (Å²) in [5, 5.41) is 3.05. The molecule has 13 heavy (non-hydrogen) atoms. The van der Waals surface area contributed by atoms with Gasteiger partial charge >= 0.3 is 0 Å². The van der Waals surface area contributed by atoms with Gasteiger partial charge in [-0.2, -0.15) is 0 Å². The van der Waals surface area contributed by atoms with Gasteiger partial charge in [-0.1, -0.05) is 13.8 Å². The average Bonchev–Trinajstić information content (AvgIpc) is 2.75. The van der Waals surface area contributed by atoms with Crippen LogP contribution < -0.4 is 0 Å². The molecule has 2 aromatic rings. The van der Waals surface area contributed by atoms with Gasteiger partial charge in [-0.05, 0) is 5.92 Å². The fourth-order valence-corrected chi connectivity index (χ4v) is 1.98. The van der Waals surface area contributed by atoms with Gasteiger partial charge in [0.05, 0.1) is 5.69 Å². The zero-order valence-corrected chi connectivity index (χ0v) is 8.43. The van der Waals surface area contributed by atoms with Gasteiger partial charge in [0.1, 0.15) is 0 Å². The van der Waals surface area contributed by atoms with E-state index in [0.717, 1.165) is 16.5 Å². The quantitative estimate of drug-likeness (QED) is 0.796. The topological polar surface area (TPSA) is 41.6 Å². The van der Waals surface area contributed by atoms with Crippen LogP contribution in [0.5, 0.6) is 0 Å². The van der Waals surface area contributed by atoms with Gasteiger partial charge in [-0.3, -0.25) is 0 Å². The summed E-state index contributed by atoms with van der Waals surface area (Å²) in [5.74, 6) is 1.34. The van der Waals surface area contributed by atoms with Crippen molar-refractivity contribution in [3.63, 3.8) is 0 Å². The van der Waals surface area contributed by atoms with E-state index in [0.29, 0.717) is 5.92 Å². The molecule has 0 bridgehead atoms. The molecular weight excluding hydrogens is 182 g/mol. The first kappa shape index (κ1) is 8.44. The Morgan fingerprint density at radius 3 is 2.85 bits per heavy atom. The molecule has 3 nitrogen and oxygen atoms in total. The van der Waals surface area contributed by atoms with Crippen LogP contribution in [0.2, 0.25) is 0 Å². The normalized spacial score (nSPS) is 11.0. The molecule has 68 valence electrons. The van der Waals surface area contributed by atoms with Crippen molar-refractivity contribution in [2.75, 3.05) is 0 Å². The monoisotopic (exact) mass is 193 g/mol. The molecule has 0 unspecified atom stereocenters. The van der Waals surface area contributed by atoms with Gasteiger partial charge in [0.15, 0.2) is 10.8 Å². The first-order chi connectivity index (χ1) is 6.27. The Hall–Kier alpha value is -1.16. The summed E-state index contributed by atoms with van der Waals surface area (Å²) in [6, 6.07) is 0. The Morgan fingerprint density at radius 1 is 1.46 bits per heavy atom. The van der Waals surface area contributed by atoms with Crippen molar-refractivity contribution in [3.8, 4) is 10.8 Å². The summed E-state index contributed by atoms with van der Waals surface area (Å²) in [6.07, 6.45) is 3.55. The van der Waals surface area contributed by atoms with E-state index in [1.54, 1.807) is 17.5 Å². The van der Waals surface area contributed by atoms with Crippen LogP contribution in [0, 0.1) is 0 Å². The van der Waals surface area contributed by atoms with Crippen molar-refractivity contribution in [1.82, 2.24) is 15.0 Å². The minimum Gasteiger partial charge on any atom is -0.343 e. The maximum absolute atomic E-state index is 4.48. The van der Waals surface area contributed by atoms with Crippen LogP contribution >= 0.6 is 11.3 Å². The first-order valence-corrected chi connectivity index (χ1v) is 5.10. The van der Waals surface area contributed by atoms with Gasteiger partial charge in [-0.25, -0.2) is 9.97 Å². The number of hydrogen-bond acceptors (Lipinski definition) is 3. The van der Waals surface area contributed by atoms with Crippen LogP contribution in [0.15, 0.2) is 17.8 Å². The Bertz CT molecular complexity index is 375. The van der Waals surface area contributed by atoms with E-state index in [4.69, 9.17) is 0 Å². The highest BCUT2D eigenvalue weighted by Gasteiger charge is 2.08. The minimum atomic E-state index is 0.486. The van der Waals surface area contributed by atoms with Crippen LogP contribution in [-0.2, 0) is 0 Å². The number of hydrogen-bond donors (Lipinski definition) is 1. The highest BCUT2D eigenvalue weighted by molar-refractivity contribution is 7.13. The first-order valence-electron chi connectivity index (χ1n) is 4.22. The summed E-state index contributed by atoms with van der Waals surface area (Å²) in [4.78, 5) is 11.7. The van der Waals surface area contributed by atoms with Crippen LogP contribution in [0.1, 0.15) is 25.5 Å². The molecule has 0 saturated carbocycles. The number of imidazole rings is 1. The Balaban J connectivity index is 2.33. The Labute approximate surface area is 80.9 Å². The lowest BCUT2D eigenvalue weighted by Gasteiger charge is -1.95. The van der Waals surface area contributed by atoms with Crippen molar-refractivity contribution >= 4 is 11.3 Å². The van der Waals surface area contributed by atoms with E-state index in [9.17, 15) is 0 Å². The molecule has 0 amide bonds. The lowest BCUT2D eigenvalue weighted by atomic mass is 10.2. The second-order valence-electron chi connectivity index (χ2n) is 3.17. The zero-order valence-electron chi connectivity index (χ0n) is 7.61. The molecule has 0 spiro atoms. The SMILES string of the molecule is CC(C)c1csc(-c2ncc[nH]2)n1.